The fourth-order valence-electron chi connectivity index (χ4n) is 3.96. The smallest absolute Gasteiger partial charge is 0.422 e. The molecule has 1 unspecified atom stereocenters. The second-order valence-electron chi connectivity index (χ2n) is 8.71. The second-order valence-corrected chi connectivity index (χ2v) is 8.71. The van der Waals surface area contributed by atoms with Gasteiger partial charge in [0.25, 0.3) is 5.91 Å². The van der Waals surface area contributed by atoms with Crippen LogP contribution in [0.15, 0.2) is 66.7 Å². The van der Waals surface area contributed by atoms with Crippen LogP contribution in [0.5, 0.6) is 5.75 Å². The summed E-state index contributed by atoms with van der Waals surface area (Å²) in [7, 11) is 0. The minimum Gasteiger partial charge on any atom is -0.508 e. The van der Waals surface area contributed by atoms with E-state index in [1.54, 1.807) is 73.7 Å². The van der Waals surface area contributed by atoms with E-state index in [1.807, 2.05) is 0 Å². The van der Waals surface area contributed by atoms with Crippen molar-refractivity contribution in [3.05, 3.63) is 77.9 Å². The van der Waals surface area contributed by atoms with Crippen LogP contribution in [0, 0.1) is 12.8 Å². The van der Waals surface area contributed by atoms with Crippen LogP contribution in [-0.4, -0.2) is 42.2 Å². The van der Waals surface area contributed by atoms with E-state index in [-0.39, 0.29) is 24.6 Å². The fourth-order valence-corrected chi connectivity index (χ4v) is 3.96. The molecule has 1 heterocycles. The summed E-state index contributed by atoms with van der Waals surface area (Å²) in [5.41, 5.74) is 3.72. The summed E-state index contributed by atoms with van der Waals surface area (Å²) in [6, 6.07) is 18.5. The molecule has 1 fully saturated rings. The molecular formula is C27H23F3N2O5. The van der Waals surface area contributed by atoms with E-state index in [4.69, 9.17) is 0 Å². The largest absolute Gasteiger partial charge is 0.508 e. The maximum Gasteiger partial charge on any atom is 0.422 e. The zero-order valence-corrected chi connectivity index (χ0v) is 19.7. The number of phenols is 1. The Morgan fingerprint density at radius 3 is 2.27 bits per heavy atom. The maximum atomic E-state index is 12.9. The van der Waals surface area contributed by atoms with Crippen molar-refractivity contribution >= 4 is 29.2 Å². The molecule has 0 aliphatic carbocycles. The van der Waals surface area contributed by atoms with Crippen molar-refractivity contribution in [2.24, 2.45) is 5.92 Å². The highest BCUT2D eigenvalue weighted by Gasteiger charge is 2.38. The molecule has 2 amide bonds. The number of carbonyl (C=O) groups is 3. The third-order valence-electron chi connectivity index (χ3n) is 5.97. The number of alkyl halides is 3. The Kier molecular flexibility index (Phi) is 7.19. The highest BCUT2D eigenvalue weighted by Crippen LogP contribution is 2.30. The molecule has 10 heteroatoms. The zero-order valence-electron chi connectivity index (χ0n) is 19.7. The quantitative estimate of drug-likeness (QED) is 0.449. The van der Waals surface area contributed by atoms with E-state index >= 15 is 0 Å². The molecule has 1 aliphatic rings. The molecule has 0 saturated carbocycles. The van der Waals surface area contributed by atoms with Gasteiger partial charge in [-0.2, -0.15) is 13.2 Å². The first kappa shape index (κ1) is 25.7. The van der Waals surface area contributed by atoms with Gasteiger partial charge in [-0.25, -0.2) is 0 Å². The van der Waals surface area contributed by atoms with Crippen LogP contribution in [0.1, 0.15) is 22.3 Å². The molecule has 37 heavy (non-hydrogen) atoms. The monoisotopic (exact) mass is 512 g/mol. The van der Waals surface area contributed by atoms with Crippen LogP contribution < -0.4 is 10.2 Å². The maximum absolute atomic E-state index is 12.9. The van der Waals surface area contributed by atoms with Crippen LogP contribution in [0.25, 0.3) is 11.1 Å². The van der Waals surface area contributed by atoms with Gasteiger partial charge in [-0.05, 0) is 60.0 Å². The van der Waals surface area contributed by atoms with E-state index in [1.165, 1.54) is 4.90 Å². The van der Waals surface area contributed by atoms with Gasteiger partial charge < -0.3 is 20.1 Å². The van der Waals surface area contributed by atoms with Crippen molar-refractivity contribution in [3.8, 4) is 16.9 Å². The number of carbonyl (C=O) groups excluding carboxylic acids is 3. The summed E-state index contributed by atoms with van der Waals surface area (Å²) in [4.78, 5) is 38.7. The van der Waals surface area contributed by atoms with Crippen molar-refractivity contribution in [1.82, 2.24) is 0 Å². The van der Waals surface area contributed by atoms with Crippen LogP contribution in [0.3, 0.4) is 0 Å². The molecule has 7 nitrogen and oxygen atoms in total. The lowest BCUT2D eigenvalue weighted by atomic mass is 10.0. The molecule has 1 saturated heterocycles. The van der Waals surface area contributed by atoms with Crippen LogP contribution in [-0.2, 0) is 14.3 Å². The lowest BCUT2D eigenvalue weighted by Gasteiger charge is -2.19. The van der Waals surface area contributed by atoms with Gasteiger partial charge in [-0.15, -0.1) is 0 Å². The van der Waals surface area contributed by atoms with Crippen molar-refractivity contribution < 1.29 is 37.4 Å². The molecule has 2 N–H and O–H groups in total. The van der Waals surface area contributed by atoms with Crippen molar-refractivity contribution in [3.63, 3.8) is 0 Å². The van der Waals surface area contributed by atoms with Gasteiger partial charge in [-0.1, -0.05) is 30.3 Å². The molecular weight excluding hydrogens is 489 g/mol. The van der Waals surface area contributed by atoms with Gasteiger partial charge in [0.05, 0.1) is 5.92 Å². The molecule has 192 valence electrons. The molecule has 0 spiro atoms. The number of amides is 2. The number of ether oxygens (including phenoxy) is 1. The third kappa shape index (κ3) is 6.27. The summed E-state index contributed by atoms with van der Waals surface area (Å²) < 4.78 is 41.3. The van der Waals surface area contributed by atoms with E-state index in [9.17, 15) is 32.7 Å². The van der Waals surface area contributed by atoms with Gasteiger partial charge in [0.15, 0.2) is 6.61 Å². The first-order valence-electron chi connectivity index (χ1n) is 11.4. The molecule has 0 aromatic heterocycles. The Morgan fingerprint density at radius 1 is 1.03 bits per heavy atom. The van der Waals surface area contributed by atoms with Crippen LogP contribution in [0.2, 0.25) is 0 Å². The minimum absolute atomic E-state index is 0.120. The number of nitrogens with zero attached hydrogens (tertiary/aromatic N) is 1. The van der Waals surface area contributed by atoms with E-state index in [2.05, 4.69) is 10.1 Å². The minimum atomic E-state index is -4.64. The molecule has 1 aliphatic heterocycles. The van der Waals surface area contributed by atoms with Gasteiger partial charge in [0, 0.05) is 29.9 Å². The summed E-state index contributed by atoms with van der Waals surface area (Å²) in [5.74, 6) is -2.74. The Balaban J connectivity index is 1.44. The molecule has 4 rings (SSSR count). The molecule has 3 aromatic rings. The van der Waals surface area contributed by atoms with Gasteiger partial charge >= 0.3 is 12.1 Å². The number of aryl methyl sites for hydroxylation is 1. The number of nitrogens with one attached hydrogen (secondary N) is 1. The number of aromatic hydroxyl groups is 1. The highest BCUT2D eigenvalue weighted by atomic mass is 19.4. The first-order valence-corrected chi connectivity index (χ1v) is 11.4. The van der Waals surface area contributed by atoms with E-state index < -0.39 is 30.6 Å². The Morgan fingerprint density at radius 2 is 1.65 bits per heavy atom. The standard InChI is InChI=1S/C27H23F3N2O5/c1-16-2-9-21(32-14-20(12-24(32)34)26(36)37-15-27(28,29)30)13-23(16)31-25(35)19-5-3-17(4-6-19)18-7-10-22(33)11-8-18/h2-11,13,20,33H,12,14-15H2,1H3,(H,31,35). The number of anilines is 2. The Labute approximate surface area is 210 Å². The lowest BCUT2D eigenvalue weighted by molar-refractivity contribution is -0.188. The number of benzene rings is 3. The number of halogens is 3. The van der Waals surface area contributed by atoms with Gasteiger partial charge in [-0.3, -0.25) is 14.4 Å². The normalized spacial score (nSPS) is 15.5. The van der Waals surface area contributed by atoms with Crippen LogP contribution >= 0.6 is 0 Å². The first-order chi connectivity index (χ1) is 17.5. The number of rotatable bonds is 6. The second kappa shape index (κ2) is 10.3. The van der Waals surface area contributed by atoms with Gasteiger partial charge in [0.2, 0.25) is 5.91 Å². The SMILES string of the molecule is Cc1ccc(N2CC(C(=O)OCC(F)(F)F)CC2=O)cc1NC(=O)c1ccc(-c2ccc(O)cc2)cc1. The van der Waals surface area contributed by atoms with Crippen molar-refractivity contribution in [1.29, 1.82) is 0 Å². The summed E-state index contributed by atoms with van der Waals surface area (Å²) in [5, 5.41) is 12.3. The van der Waals surface area contributed by atoms with Crippen LogP contribution in [0.4, 0.5) is 24.5 Å². The number of hydrogen-bond donors (Lipinski definition) is 2. The van der Waals surface area contributed by atoms with Gasteiger partial charge in [0.1, 0.15) is 5.75 Å². The predicted octanol–water partition coefficient (Wildman–Crippen LogP) is 5.08. The topological polar surface area (TPSA) is 95.9 Å². The highest BCUT2D eigenvalue weighted by molar-refractivity contribution is 6.06. The van der Waals surface area contributed by atoms with E-state index in [0.717, 1.165) is 16.7 Å². The summed E-state index contributed by atoms with van der Waals surface area (Å²) in [6.07, 6.45) is -4.91. The Hall–Kier alpha value is -4.34. The number of esters is 1. The third-order valence-corrected chi connectivity index (χ3v) is 5.97. The summed E-state index contributed by atoms with van der Waals surface area (Å²) >= 11 is 0. The average Bonchev–Trinajstić information content (AvgIpc) is 3.25. The van der Waals surface area contributed by atoms with Crippen molar-refractivity contribution in [2.45, 2.75) is 19.5 Å². The Bertz CT molecular complexity index is 1320. The zero-order chi connectivity index (χ0) is 26.7. The number of hydrogen-bond acceptors (Lipinski definition) is 5. The molecule has 3 aromatic carbocycles. The molecule has 0 radical (unpaired) electrons. The molecule has 1 atom stereocenters. The van der Waals surface area contributed by atoms with E-state index in [0.29, 0.717) is 16.9 Å². The lowest BCUT2D eigenvalue weighted by Crippen LogP contribution is -2.28. The fraction of sp³-hybridized carbons (Fsp3) is 0.222. The average molecular weight is 512 g/mol. The summed E-state index contributed by atoms with van der Waals surface area (Å²) in [6.45, 7) is -0.0474. The number of phenolic OH excluding ortho intramolecular Hbond substituents is 1. The van der Waals surface area contributed by atoms with Crippen molar-refractivity contribution in [2.75, 3.05) is 23.4 Å². The molecule has 0 bridgehead atoms. The predicted molar refractivity (Wildman–Crippen MR) is 130 cm³/mol.